The Morgan fingerprint density at radius 3 is 2.30 bits per heavy atom. The van der Waals surface area contributed by atoms with Crippen LogP contribution in [0.3, 0.4) is 0 Å². The smallest absolute Gasteiger partial charge is 0.328 e. The predicted molar refractivity (Wildman–Crippen MR) is 106 cm³/mol. The van der Waals surface area contributed by atoms with Crippen molar-refractivity contribution < 1.29 is 14.4 Å². The summed E-state index contributed by atoms with van der Waals surface area (Å²) in [4.78, 5) is 37.8. The molecule has 2 aliphatic heterocycles. The summed E-state index contributed by atoms with van der Waals surface area (Å²) in [6.07, 6.45) is 2.59. The Kier molecular flexibility index (Phi) is 4.62. The van der Waals surface area contributed by atoms with Gasteiger partial charge in [-0.15, -0.1) is 0 Å². The van der Waals surface area contributed by atoms with Crippen molar-refractivity contribution >= 4 is 29.6 Å². The highest BCUT2D eigenvalue weighted by Gasteiger charge is 2.38. The number of urea groups is 1. The van der Waals surface area contributed by atoms with Crippen LogP contribution in [-0.4, -0.2) is 29.4 Å². The number of anilines is 1. The van der Waals surface area contributed by atoms with Gasteiger partial charge >= 0.3 is 6.03 Å². The molecular formula is C21H27N3O3. The topological polar surface area (TPSA) is 78.5 Å². The highest BCUT2D eigenvalue weighted by Crippen LogP contribution is 2.45. The Labute approximate surface area is 160 Å². The molecule has 6 nitrogen and oxygen atoms in total. The Morgan fingerprint density at radius 1 is 1.15 bits per heavy atom. The summed E-state index contributed by atoms with van der Waals surface area (Å²) in [5, 5.41) is 4.23. The number of rotatable bonds is 2. The van der Waals surface area contributed by atoms with Crippen molar-refractivity contribution in [3.8, 4) is 0 Å². The lowest BCUT2D eigenvalue weighted by Gasteiger charge is -2.50. The molecule has 27 heavy (non-hydrogen) atoms. The SMILES string of the molecule is Cc1cc2c(cc1C=C1C(=O)NC(=O)NC1=O)[C@H](C)CC(C)(C)N2C(C)C. The van der Waals surface area contributed by atoms with Crippen LogP contribution in [0.25, 0.3) is 6.08 Å². The van der Waals surface area contributed by atoms with Gasteiger partial charge in [-0.2, -0.15) is 0 Å². The van der Waals surface area contributed by atoms with Crippen LogP contribution in [0.1, 0.15) is 63.6 Å². The fraction of sp³-hybridized carbons (Fsp3) is 0.476. The monoisotopic (exact) mass is 369 g/mol. The van der Waals surface area contributed by atoms with E-state index in [9.17, 15) is 14.4 Å². The van der Waals surface area contributed by atoms with Gasteiger partial charge in [0.2, 0.25) is 0 Å². The van der Waals surface area contributed by atoms with E-state index in [0.717, 1.165) is 17.5 Å². The lowest BCUT2D eigenvalue weighted by Crippen LogP contribution is -2.52. The average molecular weight is 369 g/mol. The number of nitrogens with zero attached hydrogens (tertiary/aromatic N) is 1. The highest BCUT2D eigenvalue weighted by atomic mass is 16.2. The van der Waals surface area contributed by atoms with Crippen molar-refractivity contribution in [1.82, 2.24) is 10.6 Å². The number of hydrogen-bond donors (Lipinski definition) is 2. The summed E-state index contributed by atoms with van der Waals surface area (Å²) in [6.45, 7) is 13.1. The van der Waals surface area contributed by atoms with Crippen LogP contribution in [0.2, 0.25) is 0 Å². The van der Waals surface area contributed by atoms with Crippen LogP contribution >= 0.6 is 0 Å². The quantitative estimate of drug-likeness (QED) is 0.620. The summed E-state index contributed by atoms with van der Waals surface area (Å²) in [5.74, 6) is -0.976. The van der Waals surface area contributed by atoms with E-state index < -0.39 is 17.8 Å². The number of carbonyl (C=O) groups is 3. The zero-order chi connectivity index (χ0) is 20.1. The second-order valence-corrected chi connectivity index (χ2v) is 8.44. The van der Waals surface area contributed by atoms with Crippen LogP contribution in [-0.2, 0) is 9.59 Å². The second-order valence-electron chi connectivity index (χ2n) is 8.44. The minimum Gasteiger partial charge on any atom is -0.364 e. The minimum absolute atomic E-state index is 0.0521. The summed E-state index contributed by atoms with van der Waals surface area (Å²) in [7, 11) is 0. The van der Waals surface area contributed by atoms with E-state index in [0.29, 0.717) is 12.0 Å². The maximum absolute atomic E-state index is 12.0. The molecule has 1 atom stereocenters. The van der Waals surface area contributed by atoms with Gasteiger partial charge in [0.25, 0.3) is 11.8 Å². The summed E-state index contributed by atoms with van der Waals surface area (Å²) < 4.78 is 0. The van der Waals surface area contributed by atoms with Gasteiger partial charge in [0.15, 0.2) is 0 Å². The van der Waals surface area contributed by atoms with E-state index in [-0.39, 0.29) is 11.1 Å². The number of nitrogens with one attached hydrogen (secondary N) is 2. The maximum atomic E-state index is 12.0. The van der Waals surface area contributed by atoms with E-state index in [4.69, 9.17) is 0 Å². The molecule has 1 saturated heterocycles. The Balaban J connectivity index is 2.11. The molecule has 1 aromatic rings. The Morgan fingerprint density at radius 2 is 1.74 bits per heavy atom. The number of imide groups is 2. The first-order valence-corrected chi connectivity index (χ1v) is 9.33. The number of benzene rings is 1. The number of aryl methyl sites for hydroxylation is 1. The third-order valence-electron chi connectivity index (χ3n) is 5.42. The molecule has 6 heteroatoms. The van der Waals surface area contributed by atoms with Gasteiger partial charge < -0.3 is 4.90 Å². The van der Waals surface area contributed by atoms with E-state index in [1.807, 2.05) is 6.92 Å². The first kappa shape index (κ1) is 19.1. The lowest BCUT2D eigenvalue weighted by molar-refractivity contribution is -0.123. The zero-order valence-electron chi connectivity index (χ0n) is 16.8. The highest BCUT2D eigenvalue weighted by molar-refractivity contribution is 6.31. The molecule has 0 unspecified atom stereocenters. The molecule has 1 aromatic carbocycles. The van der Waals surface area contributed by atoms with Crippen molar-refractivity contribution in [2.24, 2.45) is 0 Å². The van der Waals surface area contributed by atoms with Crippen LogP contribution < -0.4 is 15.5 Å². The standard InChI is InChI=1S/C21H27N3O3/c1-11(2)24-17-7-12(3)14(8-15(17)13(4)10-21(24,5)6)9-16-18(25)22-20(27)23-19(16)26/h7-9,11,13H,10H2,1-6H3,(H2,22,23,25,26,27)/t13-/m1/s1. The molecule has 2 aliphatic rings. The van der Waals surface area contributed by atoms with Crippen LogP contribution in [0.4, 0.5) is 10.5 Å². The normalized spacial score (nSPS) is 21.7. The average Bonchev–Trinajstić information content (AvgIpc) is 2.50. The first-order chi connectivity index (χ1) is 12.5. The van der Waals surface area contributed by atoms with Crippen LogP contribution in [0.15, 0.2) is 17.7 Å². The molecule has 144 valence electrons. The zero-order valence-corrected chi connectivity index (χ0v) is 16.8. The van der Waals surface area contributed by atoms with E-state index in [1.165, 1.54) is 11.3 Å². The molecule has 0 radical (unpaired) electrons. The molecular weight excluding hydrogens is 342 g/mol. The van der Waals surface area contributed by atoms with Gasteiger partial charge in [0.05, 0.1) is 0 Å². The third-order valence-corrected chi connectivity index (χ3v) is 5.42. The van der Waals surface area contributed by atoms with E-state index in [2.05, 4.69) is 62.3 Å². The van der Waals surface area contributed by atoms with Gasteiger partial charge in [-0.1, -0.05) is 6.92 Å². The lowest BCUT2D eigenvalue weighted by atomic mass is 9.78. The summed E-state index contributed by atoms with van der Waals surface area (Å²) >= 11 is 0. The van der Waals surface area contributed by atoms with Gasteiger partial charge in [-0.05, 0) is 81.9 Å². The second kappa shape index (κ2) is 6.51. The fourth-order valence-electron chi connectivity index (χ4n) is 4.51. The molecule has 2 N–H and O–H groups in total. The molecule has 1 fully saturated rings. The van der Waals surface area contributed by atoms with Gasteiger partial charge in [-0.3, -0.25) is 20.2 Å². The third kappa shape index (κ3) is 3.36. The van der Waals surface area contributed by atoms with Gasteiger partial charge in [0, 0.05) is 17.3 Å². The molecule has 0 spiro atoms. The fourth-order valence-corrected chi connectivity index (χ4v) is 4.51. The first-order valence-electron chi connectivity index (χ1n) is 9.33. The molecule has 0 aromatic heterocycles. The van der Waals surface area contributed by atoms with Crippen LogP contribution in [0.5, 0.6) is 0 Å². The Bertz CT molecular complexity index is 846. The van der Waals surface area contributed by atoms with Crippen LogP contribution in [0, 0.1) is 6.92 Å². The van der Waals surface area contributed by atoms with Crippen molar-refractivity contribution in [2.45, 2.75) is 65.5 Å². The summed E-state index contributed by atoms with van der Waals surface area (Å²) in [5.41, 5.74) is 4.22. The van der Waals surface area contributed by atoms with E-state index in [1.54, 1.807) is 6.08 Å². The molecule has 0 bridgehead atoms. The predicted octanol–water partition coefficient (Wildman–Crippen LogP) is 3.25. The maximum Gasteiger partial charge on any atom is 0.328 e. The number of barbiturate groups is 1. The number of hydrogen-bond acceptors (Lipinski definition) is 4. The number of amides is 4. The van der Waals surface area contributed by atoms with Crippen molar-refractivity contribution in [1.29, 1.82) is 0 Å². The largest absolute Gasteiger partial charge is 0.364 e. The number of carbonyl (C=O) groups excluding carboxylic acids is 3. The van der Waals surface area contributed by atoms with Crippen molar-refractivity contribution in [3.05, 3.63) is 34.4 Å². The molecule has 0 aliphatic carbocycles. The van der Waals surface area contributed by atoms with Gasteiger partial charge in [0.1, 0.15) is 5.57 Å². The van der Waals surface area contributed by atoms with Crippen molar-refractivity contribution in [3.63, 3.8) is 0 Å². The number of fused-ring (bicyclic) bond motifs is 1. The van der Waals surface area contributed by atoms with Gasteiger partial charge in [-0.25, -0.2) is 4.79 Å². The molecule has 4 amide bonds. The summed E-state index contributed by atoms with van der Waals surface area (Å²) in [6, 6.07) is 3.79. The minimum atomic E-state index is -0.784. The molecule has 0 saturated carbocycles. The molecule has 2 heterocycles. The van der Waals surface area contributed by atoms with Crippen molar-refractivity contribution in [2.75, 3.05) is 4.90 Å². The van der Waals surface area contributed by atoms with E-state index >= 15 is 0 Å². The Hall–Kier alpha value is -2.63. The molecule has 3 rings (SSSR count).